The number of nitrogens with one attached hydrogen (secondary N) is 2. The standard InChI is InChI=1S/C33H31N5OS/c1-21(2)32(39)35-27-16-15-26(19-22(27)3)38-31(30(36-33(38)40)28-11-6-7-17-34-28)29-12-8-18-37(29)25-14-13-23-9-4-5-10-24(23)20-25/h4-21,30-31H,1-3H3,(H,35,39)(H,36,40)/t30-,31+/m0/s1. The second-order valence-electron chi connectivity index (χ2n) is 10.5. The quantitative estimate of drug-likeness (QED) is 0.223. The molecular weight excluding hydrogens is 514 g/mol. The predicted octanol–water partition coefficient (Wildman–Crippen LogP) is 7.11. The number of rotatable bonds is 6. The number of carbonyl (C=O) groups is 1. The molecule has 1 amide bonds. The second kappa shape index (κ2) is 10.6. The Morgan fingerprint density at radius 2 is 1.70 bits per heavy atom. The van der Waals surface area contributed by atoms with Crippen LogP contribution in [0.2, 0.25) is 0 Å². The summed E-state index contributed by atoms with van der Waals surface area (Å²) in [4.78, 5) is 19.2. The molecule has 1 aliphatic heterocycles. The van der Waals surface area contributed by atoms with Gasteiger partial charge in [0, 0.05) is 41.1 Å². The van der Waals surface area contributed by atoms with E-state index in [9.17, 15) is 4.79 Å². The largest absolute Gasteiger partial charge is 0.351 e. The van der Waals surface area contributed by atoms with Gasteiger partial charge in [0.15, 0.2) is 5.11 Å². The van der Waals surface area contributed by atoms with Crippen LogP contribution < -0.4 is 15.5 Å². The first-order valence-corrected chi connectivity index (χ1v) is 13.9. The lowest BCUT2D eigenvalue weighted by atomic mass is 10.00. The van der Waals surface area contributed by atoms with Gasteiger partial charge in [-0.15, -0.1) is 0 Å². The van der Waals surface area contributed by atoms with Crippen molar-refractivity contribution in [2.75, 3.05) is 10.2 Å². The fraction of sp³-hybridized carbons (Fsp3) is 0.182. The zero-order chi connectivity index (χ0) is 27.8. The van der Waals surface area contributed by atoms with Crippen LogP contribution in [0.25, 0.3) is 16.5 Å². The summed E-state index contributed by atoms with van der Waals surface area (Å²) in [5, 5.41) is 9.62. The van der Waals surface area contributed by atoms with Crippen molar-refractivity contribution < 1.29 is 4.79 Å². The van der Waals surface area contributed by atoms with Crippen molar-refractivity contribution in [2.24, 2.45) is 5.92 Å². The number of aryl methyl sites for hydroxylation is 1. The number of anilines is 2. The smallest absolute Gasteiger partial charge is 0.226 e. The Hall–Kier alpha value is -4.49. The summed E-state index contributed by atoms with van der Waals surface area (Å²) in [6, 6.07) is 30.9. The summed E-state index contributed by atoms with van der Waals surface area (Å²) < 4.78 is 2.24. The van der Waals surface area contributed by atoms with Gasteiger partial charge < -0.3 is 20.1 Å². The summed E-state index contributed by atoms with van der Waals surface area (Å²) in [6.45, 7) is 5.79. The van der Waals surface area contributed by atoms with Gasteiger partial charge in [-0.3, -0.25) is 9.78 Å². The lowest BCUT2D eigenvalue weighted by Crippen LogP contribution is -2.30. The van der Waals surface area contributed by atoms with E-state index in [1.54, 1.807) is 0 Å². The Kier molecular flexibility index (Phi) is 6.82. The number of thiocarbonyl (C=S) groups is 1. The molecule has 0 unspecified atom stereocenters. The van der Waals surface area contributed by atoms with Crippen LogP contribution in [0.4, 0.5) is 11.4 Å². The van der Waals surface area contributed by atoms with Crippen LogP contribution >= 0.6 is 12.2 Å². The van der Waals surface area contributed by atoms with E-state index in [-0.39, 0.29) is 23.9 Å². The molecule has 1 aliphatic rings. The monoisotopic (exact) mass is 545 g/mol. The first-order chi connectivity index (χ1) is 19.4. The van der Waals surface area contributed by atoms with E-state index >= 15 is 0 Å². The number of nitrogens with zero attached hydrogens (tertiary/aromatic N) is 3. The van der Waals surface area contributed by atoms with Gasteiger partial charge in [-0.2, -0.15) is 0 Å². The minimum absolute atomic E-state index is 0.00415. The number of hydrogen-bond donors (Lipinski definition) is 2. The van der Waals surface area contributed by atoms with Crippen LogP contribution in [0.1, 0.15) is 42.9 Å². The summed E-state index contributed by atoms with van der Waals surface area (Å²) in [5.41, 5.74) is 5.82. The van der Waals surface area contributed by atoms with Crippen molar-refractivity contribution in [2.45, 2.75) is 32.9 Å². The number of fused-ring (bicyclic) bond motifs is 1. The van der Waals surface area contributed by atoms with E-state index in [4.69, 9.17) is 17.2 Å². The number of hydrogen-bond acceptors (Lipinski definition) is 3. The molecule has 0 saturated carbocycles. The van der Waals surface area contributed by atoms with Gasteiger partial charge in [0.1, 0.15) is 6.04 Å². The minimum Gasteiger partial charge on any atom is -0.351 e. The van der Waals surface area contributed by atoms with E-state index in [0.29, 0.717) is 5.11 Å². The zero-order valence-electron chi connectivity index (χ0n) is 22.7. The van der Waals surface area contributed by atoms with Gasteiger partial charge in [-0.05, 0) is 90.1 Å². The average molecular weight is 546 g/mol. The number of pyridine rings is 1. The molecule has 5 aromatic rings. The third kappa shape index (κ3) is 4.73. The van der Waals surface area contributed by atoms with Gasteiger partial charge in [0.05, 0.1) is 11.7 Å². The van der Waals surface area contributed by atoms with Crippen molar-refractivity contribution in [3.8, 4) is 5.69 Å². The molecule has 0 bridgehead atoms. The Morgan fingerprint density at radius 1 is 0.925 bits per heavy atom. The van der Waals surface area contributed by atoms with Gasteiger partial charge in [0.2, 0.25) is 5.91 Å². The molecule has 2 aromatic heterocycles. The highest BCUT2D eigenvalue weighted by molar-refractivity contribution is 7.80. The molecular formula is C33H31N5OS. The van der Waals surface area contributed by atoms with Crippen LogP contribution in [0, 0.1) is 12.8 Å². The van der Waals surface area contributed by atoms with Gasteiger partial charge in [0.25, 0.3) is 0 Å². The first-order valence-electron chi connectivity index (χ1n) is 13.5. The number of amides is 1. The van der Waals surface area contributed by atoms with Crippen molar-refractivity contribution >= 4 is 45.4 Å². The predicted molar refractivity (Wildman–Crippen MR) is 166 cm³/mol. The molecule has 7 heteroatoms. The summed E-state index contributed by atoms with van der Waals surface area (Å²) in [6.07, 6.45) is 3.92. The third-order valence-corrected chi connectivity index (χ3v) is 7.78. The second-order valence-corrected chi connectivity index (χ2v) is 10.9. The highest BCUT2D eigenvalue weighted by atomic mass is 32.1. The van der Waals surface area contributed by atoms with E-state index in [0.717, 1.165) is 34.0 Å². The highest BCUT2D eigenvalue weighted by Crippen LogP contribution is 2.43. The average Bonchev–Trinajstić information content (AvgIpc) is 3.58. The lowest BCUT2D eigenvalue weighted by Gasteiger charge is -2.29. The Morgan fingerprint density at radius 3 is 2.45 bits per heavy atom. The molecule has 0 radical (unpaired) electrons. The molecule has 0 spiro atoms. The van der Waals surface area contributed by atoms with Crippen molar-refractivity contribution in [1.29, 1.82) is 0 Å². The van der Waals surface area contributed by atoms with Crippen LogP contribution in [-0.2, 0) is 4.79 Å². The summed E-state index contributed by atoms with van der Waals surface area (Å²) in [7, 11) is 0. The van der Waals surface area contributed by atoms with Crippen LogP contribution in [0.5, 0.6) is 0 Å². The van der Waals surface area contributed by atoms with Crippen LogP contribution in [0.15, 0.2) is 103 Å². The fourth-order valence-electron chi connectivity index (χ4n) is 5.35. The molecule has 6 nitrogen and oxygen atoms in total. The molecule has 3 heterocycles. The maximum Gasteiger partial charge on any atom is 0.226 e. The molecule has 200 valence electrons. The highest BCUT2D eigenvalue weighted by Gasteiger charge is 2.42. The Bertz CT molecular complexity index is 1710. The molecule has 3 aromatic carbocycles. The Labute approximate surface area is 239 Å². The zero-order valence-corrected chi connectivity index (χ0v) is 23.5. The lowest BCUT2D eigenvalue weighted by molar-refractivity contribution is -0.118. The van der Waals surface area contributed by atoms with Crippen molar-refractivity contribution in [3.05, 3.63) is 120 Å². The molecule has 1 saturated heterocycles. The van der Waals surface area contributed by atoms with E-state index in [1.165, 1.54) is 10.8 Å². The minimum atomic E-state index is -0.167. The molecule has 1 fully saturated rings. The number of carbonyl (C=O) groups excluding carboxylic acids is 1. The van der Waals surface area contributed by atoms with E-state index in [1.807, 2.05) is 57.3 Å². The van der Waals surface area contributed by atoms with Crippen molar-refractivity contribution in [1.82, 2.24) is 14.9 Å². The van der Waals surface area contributed by atoms with E-state index < -0.39 is 0 Å². The molecule has 6 rings (SSSR count). The molecule has 2 N–H and O–H groups in total. The van der Waals surface area contributed by atoms with Gasteiger partial charge >= 0.3 is 0 Å². The SMILES string of the molecule is Cc1cc(N2C(=S)N[C@@H](c3ccccn3)[C@H]2c2cccn2-c2ccc3ccccc3c2)ccc1NC(=O)C(C)C. The fourth-order valence-corrected chi connectivity index (χ4v) is 5.69. The van der Waals surface area contributed by atoms with E-state index in [2.05, 4.69) is 87.0 Å². The van der Waals surface area contributed by atoms with Gasteiger partial charge in [-0.1, -0.05) is 50.2 Å². The maximum absolute atomic E-state index is 12.4. The van der Waals surface area contributed by atoms with Crippen molar-refractivity contribution in [3.63, 3.8) is 0 Å². The number of aromatic nitrogens is 2. The Balaban J connectivity index is 1.45. The normalized spacial score (nSPS) is 16.9. The molecule has 40 heavy (non-hydrogen) atoms. The number of benzene rings is 3. The topological polar surface area (TPSA) is 62.2 Å². The van der Waals surface area contributed by atoms with Crippen LogP contribution in [0.3, 0.4) is 0 Å². The van der Waals surface area contributed by atoms with Gasteiger partial charge in [-0.25, -0.2) is 0 Å². The third-order valence-electron chi connectivity index (χ3n) is 7.46. The molecule has 2 atom stereocenters. The molecule has 0 aliphatic carbocycles. The maximum atomic E-state index is 12.4. The summed E-state index contributed by atoms with van der Waals surface area (Å²) >= 11 is 5.96. The van der Waals surface area contributed by atoms with Crippen LogP contribution in [-0.4, -0.2) is 20.6 Å². The summed E-state index contributed by atoms with van der Waals surface area (Å²) in [5.74, 6) is -0.101. The first kappa shape index (κ1) is 25.8.